The first kappa shape index (κ1) is 22.6. The van der Waals surface area contributed by atoms with Crippen LogP contribution in [0.4, 0.5) is 0 Å². The number of Topliss-reactive ketones (excluding diaryl/α,β-unsaturated/α-hetero) is 1. The Bertz CT molecular complexity index is 1030. The van der Waals surface area contributed by atoms with Gasteiger partial charge in [-0.1, -0.05) is 32.9 Å². The maximum absolute atomic E-state index is 12.9. The minimum absolute atomic E-state index is 0.0633. The number of carbonyl (C=O) groups excluding carboxylic acids is 2. The van der Waals surface area contributed by atoms with Gasteiger partial charge in [-0.15, -0.1) is 0 Å². The summed E-state index contributed by atoms with van der Waals surface area (Å²) in [5.74, 6) is -0.523. The van der Waals surface area contributed by atoms with Crippen LogP contribution in [0.3, 0.4) is 0 Å². The quantitative estimate of drug-likeness (QED) is 0.656. The molecule has 6 nitrogen and oxygen atoms in total. The number of hydrogen-bond acceptors (Lipinski definition) is 6. The second-order valence-electron chi connectivity index (χ2n) is 10.2. The van der Waals surface area contributed by atoms with Crippen LogP contribution >= 0.6 is 0 Å². The molecule has 1 aliphatic heterocycles. The highest BCUT2D eigenvalue weighted by Gasteiger charge is 2.50. The molecule has 0 spiro atoms. The van der Waals surface area contributed by atoms with E-state index >= 15 is 0 Å². The minimum Gasteiger partial charge on any atom is -0.507 e. The number of fused-ring (bicyclic) bond motifs is 3. The zero-order valence-electron chi connectivity index (χ0n) is 19.3. The van der Waals surface area contributed by atoms with Gasteiger partial charge in [0, 0.05) is 22.6 Å². The smallest absolute Gasteiger partial charge is 0.228 e. The monoisotopic (exact) mass is 440 g/mol. The molecule has 2 N–H and O–H groups in total. The van der Waals surface area contributed by atoms with Crippen LogP contribution in [0.2, 0.25) is 0 Å². The number of rotatable bonds is 5. The second-order valence-corrected chi connectivity index (χ2v) is 10.2. The topological polar surface area (TPSA) is 93.1 Å². The van der Waals surface area contributed by atoms with Gasteiger partial charge in [0.05, 0.1) is 19.3 Å². The van der Waals surface area contributed by atoms with Crippen molar-refractivity contribution in [2.24, 2.45) is 11.3 Å². The highest BCUT2D eigenvalue weighted by atomic mass is 16.5. The maximum Gasteiger partial charge on any atom is 0.228 e. The summed E-state index contributed by atoms with van der Waals surface area (Å²) in [6, 6.07) is 1.34. The van der Waals surface area contributed by atoms with Gasteiger partial charge < -0.3 is 19.7 Å². The van der Waals surface area contributed by atoms with E-state index in [4.69, 9.17) is 9.47 Å². The number of ether oxygens (including phenoxy) is 2. The Balaban J connectivity index is 1.76. The van der Waals surface area contributed by atoms with Crippen molar-refractivity contribution in [3.8, 4) is 11.5 Å². The van der Waals surface area contributed by atoms with E-state index in [2.05, 4.69) is 20.4 Å². The number of carbonyl (C=O) groups is 2. The molecule has 2 unspecified atom stereocenters. The fraction of sp³-hybridized carbons (Fsp3) is 0.538. The van der Waals surface area contributed by atoms with E-state index < -0.39 is 23.1 Å². The lowest BCUT2D eigenvalue weighted by molar-refractivity contribution is 0.0685. The maximum atomic E-state index is 12.9. The summed E-state index contributed by atoms with van der Waals surface area (Å²) in [6.45, 7) is 10.5. The summed E-state index contributed by atoms with van der Waals surface area (Å²) in [5.41, 5.74) is 1.35. The molecule has 1 heterocycles. The van der Waals surface area contributed by atoms with E-state index in [0.29, 0.717) is 17.9 Å². The molecule has 0 aromatic heterocycles. The summed E-state index contributed by atoms with van der Waals surface area (Å²) in [4.78, 5) is 25.6. The van der Waals surface area contributed by atoms with Gasteiger partial charge in [-0.2, -0.15) is 0 Å². The number of benzene rings is 1. The molecule has 0 saturated heterocycles. The average Bonchev–Trinajstić information content (AvgIpc) is 3.02. The van der Waals surface area contributed by atoms with E-state index in [1.165, 1.54) is 18.7 Å². The zero-order valence-corrected chi connectivity index (χ0v) is 19.3. The van der Waals surface area contributed by atoms with Gasteiger partial charge in [0.15, 0.2) is 11.5 Å². The average molecular weight is 441 g/mol. The van der Waals surface area contributed by atoms with E-state index in [1.807, 2.05) is 6.92 Å². The SMILES string of the molecule is C=C1CCCC(C)(C)C1CCC1(C)c2c(O)cc3c(c2O[C@@H]1CO)C(=O)C=C(OC)C3=O. The van der Waals surface area contributed by atoms with Gasteiger partial charge in [-0.3, -0.25) is 9.59 Å². The summed E-state index contributed by atoms with van der Waals surface area (Å²) in [5, 5.41) is 21.1. The summed E-state index contributed by atoms with van der Waals surface area (Å²) >= 11 is 0. The molecule has 0 radical (unpaired) electrons. The first-order chi connectivity index (χ1) is 15.0. The number of hydrogen-bond donors (Lipinski definition) is 2. The second kappa shape index (κ2) is 7.77. The zero-order chi connectivity index (χ0) is 23.4. The van der Waals surface area contributed by atoms with E-state index in [9.17, 15) is 19.8 Å². The lowest BCUT2D eigenvalue weighted by Crippen LogP contribution is -2.40. The predicted molar refractivity (Wildman–Crippen MR) is 120 cm³/mol. The van der Waals surface area contributed by atoms with Crippen LogP contribution in [0.15, 0.2) is 30.1 Å². The number of allylic oxidation sites excluding steroid dienone is 3. The first-order valence-corrected chi connectivity index (χ1v) is 11.3. The van der Waals surface area contributed by atoms with Crippen molar-refractivity contribution >= 4 is 11.6 Å². The Kier molecular flexibility index (Phi) is 5.48. The van der Waals surface area contributed by atoms with E-state index in [-0.39, 0.29) is 40.4 Å². The molecule has 1 fully saturated rings. The molecule has 0 bridgehead atoms. The Morgan fingerprint density at radius 2 is 2.00 bits per heavy atom. The van der Waals surface area contributed by atoms with Crippen molar-refractivity contribution in [1.82, 2.24) is 0 Å². The van der Waals surface area contributed by atoms with Gasteiger partial charge in [-0.05, 0) is 49.5 Å². The molecule has 32 heavy (non-hydrogen) atoms. The molecule has 172 valence electrons. The standard InChI is InChI=1S/C26H32O6/c1-14-7-6-9-25(2,3)16(14)8-10-26(4)20(13-27)32-24-21-15(11-18(29)22(24)26)23(30)19(31-5)12-17(21)28/h11-12,16,20,27,29H,1,6-10,13H2,2-5H3/t16?,20-,26?/m1/s1. The van der Waals surface area contributed by atoms with E-state index in [0.717, 1.165) is 31.8 Å². The highest BCUT2D eigenvalue weighted by Crippen LogP contribution is 2.55. The van der Waals surface area contributed by atoms with Crippen molar-refractivity contribution < 1.29 is 29.3 Å². The number of ketones is 2. The van der Waals surface area contributed by atoms with Gasteiger partial charge in [0.1, 0.15) is 17.6 Å². The molecule has 0 amide bonds. The van der Waals surface area contributed by atoms with Gasteiger partial charge in [-0.25, -0.2) is 0 Å². The molecular weight excluding hydrogens is 408 g/mol. The number of methoxy groups -OCH3 is 1. The van der Waals surface area contributed by atoms with Gasteiger partial charge >= 0.3 is 0 Å². The van der Waals surface area contributed by atoms with Crippen LogP contribution in [-0.4, -0.2) is 41.6 Å². The lowest BCUT2D eigenvalue weighted by atomic mass is 9.63. The third-order valence-corrected chi connectivity index (χ3v) is 7.87. The molecule has 2 aliphatic carbocycles. The van der Waals surface area contributed by atoms with Crippen molar-refractivity contribution in [3.63, 3.8) is 0 Å². The normalized spacial score (nSPS) is 28.7. The first-order valence-electron chi connectivity index (χ1n) is 11.3. The number of phenolic OH excluding ortho intramolecular Hbond substituents is 1. The molecule has 1 saturated carbocycles. The van der Waals surface area contributed by atoms with Crippen LogP contribution in [0.1, 0.15) is 79.2 Å². The largest absolute Gasteiger partial charge is 0.507 e. The summed E-state index contributed by atoms with van der Waals surface area (Å²) < 4.78 is 11.1. The third-order valence-electron chi connectivity index (χ3n) is 7.87. The molecule has 3 atom stereocenters. The highest BCUT2D eigenvalue weighted by molar-refractivity contribution is 6.25. The van der Waals surface area contributed by atoms with Gasteiger partial charge in [0.2, 0.25) is 5.78 Å². The fourth-order valence-electron chi connectivity index (χ4n) is 5.95. The third kappa shape index (κ3) is 3.27. The Morgan fingerprint density at radius 3 is 2.62 bits per heavy atom. The fourth-order valence-corrected chi connectivity index (χ4v) is 5.95. The Hall–Kier alpha value is -2.60. The van der Waals surface area contributed by atoms with Crippen molar-refractivity contribution in [1.29, 1.82) is 0 Å². The predicted octanol–water partition coefficient (Wildman–Crippen LogP) is 4.48. The molecule has 4 rings (SSSR count). The number of aliphatic hydroxyl groups excluding tert-OH is 1. The number of phenols is 1. The van der Waals surface area contributed by atoms with E-state index in [1.54, 1.807) is 0 Å². The summed E-state index contributed by atoms with van der Waals surface area (Å²) in [6.07, 6.45) is 5.29. The van der Waals surface area contributed by atoms with Crippen LogP contribution in [0.25, 0.3) is 0 Å². The molecule has 1 aromatic carbocycles. The van der Waals surface area contributed by atoms with Crippen molar-refractivity contribution in [3.05, 3.63) is 46.7 Å². The number of aromatic hydroxyl groups is 1. The van der Waals surface area contributed by atoms with Crippen molar-refractivity contribution in [2.45, 2.75) is 64.4 Å². The van der Waals surface area contributed by atoms with Crippen LogP contribution in [-0.2, 0) is 10.2 Å². The molecule has 3 aliphatic rings. The van der Waals surface area contributed by atoms with Crippen LogP contribution in [0, 0.1) is 11.3 Å². The van der Waals surface area contributed by atoms with Crippen LogP contribution in [0.5, 0.6) is 11.5 Å². The van der Waals surface area contributed by atoms with Crippen molar-refractivity contribution in [2.75, 3.05) is 13.7 Å². The molecular formula is C26H32O6. The Morgan fingerprint density at radius 1 is 1.28 bits per heavy atom. The summed E-state index contributed by atoms with van der Waals surface area (Å²) in [7, 11) is 1.32. The Labute approximate surface area is 188 Å². The lowest BCUT2D eigenvalue weighted by Gasteiger charge is -2.42. The molecule has 6 heteroatoms. The van der Waals surface area contributed by atoms with Gasteiger partial charge in [0.25, 0.3) is 0 Å². The number of aliphatic hydroxyl groups is 1. The molecule has 1 aromatic rings. The minimum atomic E-state index is -0.717. The van der Waals surface area contributed by atoms with Crippen LogP contribution < -0.4 is 4.74 Å².